The summed E-state index contributed by atoms with van der Waals surface area (Å²) in [5.41, 5.74) is 0.985. The quantitative estimate of drug-likeness (QED) is 0.584. The molecule has 0 spiro atoms. The molecule has 0 aliphatic carbocycles. The first-order valence-corrected chi connectivity index (χ1v) is 9.54. The van der Waals surface area contributed by atoms with Gasteiger partial charge in [0.1, 0.15) is 11.9 Å². The average Bonchev–Trinajstić information content (AvgIpc) is 3.31. The lowest BCUT2D eigenvalue weighted by atomic mass is 10.3. The van der Waals surface area contributed by atoms with Crippen molar-refractivity contribution in [2.24, 2.45) is 0 Å². The zero-order valence-electron chi connectivity index (χ0n) is 14.6. The number of thiazole rings is 1. The number of nitrogens with zero attached hydrogens (tertiary/aromatic N) is 7. The van der Waals surface area contributed by atoms with Crippen LogP contribution in [0.25, 0.3) is 21.0 Å². The minimum absolute atomic E-state index is 0.426. The van der Waals surface area contributed by atoms with Gasteiger partial charge in [-0.25, -0.2) is 15.0 Å². The minimum Gasteiger partial charge on any atom is -0.385 e. The van der Waals surface area contributed by atoms with Gasteiger partial charge in [-0.05, 0) is 25.1 Å². The molecule has 1 atom stereocenters. The molecule has 0 bridgehead atoms. The summed E-state index contributed by atoms with van der Waals surface area (Å²) >= 11 is 1.63. The summed E-state index contributed by atoms with van der Waals surface area (Å²) in [5.74, 6) is 2.91. The Kier molecular flexibility index (Phi) is 3.83. The minimum atomic E-state index is -0.691. The summed E-state index contributed by atoms with van der Waals surface area (Å²) in [7, 11) is 0. The number of aliphatic hydroxyl groups is 1. The maximum Gasteiger partial charge on any atom is 0.193 e. The normalized spacial score (nSPS) is 15.1. The molecule has 3 aromatic heterocycles. The molecule has 4 aromatic rings. The highest BCUT2D eigenvalue weighted by Gasteiger charge is 2.24. The van der Waals surface area contributed by atoms with E-state index in [2.05, 4.69) is 35.7 Å². The van der Waals surface area contributed by atoms with E-state index in [1.165, 1.54) is 0 Å². The summed E-state index contributed by atoms with van der Waals surface area (Å²) < 4.78 is 3.28. The maximum atomic E-state index is 9.72. The Morgan fingerprint density at radius 3 is 2.85 bits per heavy atom. The van der Waals surface area contributed by atoms with Gasteiger partial charge in [-0.1, -0.05) is 12.1 Å². The molecular weight excluding hydrogens is 362 g/mol. The topological polar surface area (TPSA) is 92.9 Å². The standard InChI is InChI=1S/C18H17N7OS/c1-11(26)16-19-7-6-14(21-16)24-8-9-25-15(10-24)22-23-17(25)18-20-12-4-2-3-5-13(12)27-18/h2-7,11,26H,8-10H2,1H3/t11-/m1/s1. The van der Waals surface area contributed by atoms with Crippen LogP contribution in [0.3, 0.4) is 0 Å². The number of hydrogen-bond acceptors (Lipinski definition) is 8. The van der Waals surface area contributed by atoms with Crippen LogP contribution in [0, 0.1) is 0 Å². The fourth-order valence-electron chi connectivity index (χ4n) is 3.22. The fourth-order valence-corrected chi connectivity index (χ4v) is 4.18. The lowest BCUT2D eigenvalue weighted by Crippen LogP contribution is -2.34. The van der Waals surface area contributed by atoms with Crippen molar-refractivity contribution in [3.63, 3.8) is 0 Å². The molecule has 1 aromatic carbocycles. The van der Waals surface area contributed by atoms with Gasteiger partial charge >= 0.3 is 0 Å². The number of benzene rings is 1. The van der Waals surface area contributed by atoms with Crippen LogP contribution in [-0.2, 0) is 13.1 Å². The molecule has 9 heteroatoms. The van der Waals surface area contributed by atoms with Crippen LogP contribution < -0.4 is 4.90 Å². The van der Waals surface area contributed by atoms with Crippen molar-refractivity contribution >= 4 is 27.4 Å². The third-order valence-corrected chi connectivity index (χ3v) is 5.63. The number of anilines is 1. The van der Waals surface area contributed by atoms with Crippen molar-refractivity contribution in [2.45, 2.75) is 26.1 Å². The van der Waals surface area contributed by atoms with Crippen LogP contribution >= 0.6 is 11.3 Å². The number of hydrogen-bond donors (Lipinski definition) is 1. The number of para-hydroxylation sites is 1. The van der Waals surface area contributed by atoms with Crippen LogP contribution in [-0.4, -0.2) is 41.4 Å². The van der Waals surface area contributed by atoms with E-state index in [-0.39, 0.29) is 0 Å². The van der Waals surface area contributed by atoms with E-state index in [9.17, 15) is 5.11 Å². The molecular formula is C18H17N7OS. The van der Waals surface area contributed by atoms with E-state index in [0.717, 1.165) is 45.8 Å². The van der Waals surface area contributed by atoms with E-state index in [0.29, 0.717) is 12.4 Å². The highest BCUT2D eigenvalue weighted by molar-refractivity contribution is 7.21. The Labute approximate surface area is 159 Å². The molecule has 1 aliphatic rings. The van der Waals surface area contributed by atoms with E-state index in [1.54, 1.807) is 24.5 Å². The lowest BCUT2D eigenvalue weighted by molar-refractivity contribution is 0.189. The smallest absolute Gasteiger partial charge is 0.193 e. The van der Waals surface area contributed by atoms with Crippen LogP contribution in [0.4, 0.5) is 5.82 Å². The van der Waals surface area contributed by atoms with Gasteiger partial charge in [-0.3, -0.25) is 0 Å². The molecule has 0 fully saturated rings. The monoisotopic (exact) mass is 379 g/mol. The molecule has 5 rings (SSSR count). The first kappa shape index (κ1) is 16.3. The second-order valence-corrected chi connectivity index (χ2v) is 7.48. The first-order chi connectivity index (χ1) is 13.2. The Hall–Kier alpha value is -2.91. The molecule has 8 nitrogen and oxygen atoms in total. The molecule has 0 saturated carbocycles. The largest absolute Gasteiger partial charge is 0.385 e. The van der Waals surface area contributed by atoms with Crippen LogP contribution in [0.2, 0.25) is 0 Å². The lowest BCUT2D eigenvalue weighted by Gasteiger charge is -2.28. The molecule has 1 aliphatic heterocycles. The number of aromatic nitrogens is 6. The zero-order valence-corrected chi connectivity index (χ0v) is 15.5. The van der Waals surface area contributed by atoms with Crippen molar-refractivity contribution in [1.82, 2.24) is 29.7 Å². The Morgan fingerprint density at radius 2 is 2.00 bits per heavy atom. The second-order valence-electron chi connectivity index (χ2n) is 6.45. The molecule has 0 unspecified atom stereocenters. The van der Waals surface area contributed by atoms with Gasteiger partial charge in [-0.2, -0.15) is 0 Å². The number of aliphatic hydroxyl groups excluding tert-OH is 1. The molecule has 0 saturated heterocycles. The third kappa shape index (κ3) is 2.84. The van der Waals surface area contributed by atoms with Crippen molar-refractivity contribution in [1.29, 1.82) is 0 Å². The van der Waals surface area contributed by atoms with Gasteiger partial charge in [0.05, 0.1) is 16.8 Å². The summed E-state index contributed by atoms with van der Waals surface area (Å²) in [6.07, 6.45) is 0.986. The van der Waals surface area contributed by atoms with E-state index in [4.69, 9.17) is 4.98 Å². The van der Waals surface area contributed by atoms with Crippen molar-refractivity contribution in [3.8, 4) is 10.8 Å². The van der Waals surface area contributed by atoms with Gasteiger partial charge in [-0.15, -0.1) is 21.5 Å². The third-order valence-electron chi connectivity index (χ3n) is 4.60. The maximum absolute atomic E-state index is 9.72. The van der Waals surface area contributed by atoms with Crippen molar-refractivity contribution < 1.29 is 5.11 Å². The van der Waals surface area contributed by atoms with Crippen LogP contribution in [0.5, 0.6) is 0 Å². The summed E-state index contributed by atoms with van der Waals surface area (Å²) in [6, 6.07) is 9.95. The zero-order chi connectivity index (χ0) is 18.4. The fraction of sp³-hybridized carbons (Fsp3) is 0.278. The highest BCUT2D eigenvalue weighted by atomic mass is 32.1. The SMILES string of the molecule is C[C@@H](O)c1nccc(N2CCn3c(nnc3-c3nc4ccccc4s3)C2)n1. The van der Waals surface area contributed by atoms with Crippen molar-refractivity contribution in [2.75, 3.05) is 11.4 Å². The van der Waals surface area contributed by atoms with Gasteiger partial charge < -0.3 is 14.6 Å². The van der Waals surface area contributed by atoms with Crippen LogP contribution in [0.1, 0.15) is 24.7 Å². The molecule has 1 N–H and O–H groups in total. The summed E-state index contributed by atoms with van der Waals surface area (Å²) in [4.78, 5) is 15.4. The van der Waals surface area contributed by atoms with Crippen LogP contribution in [0.15, 0.2) is 36.5 Å². The molecule has 4 heterocycles. The second kappa shape index (κ2) is 6.36. The predicted molar refractivity (Wildman–Crippen MR) is 102 cm³/mol. The Bertz CT molecular complexity index is 1090. The summed E-state index contributed by atoms with van der Waals surface area (Å²) in [6.45, 7) is 3.80. The number of rotatable bonds is 3. The predicted octanol–water partition coefficient (Wildman–Crippen LogP) is 2.42. The van der Waals surface area contributed by atoms with Gasteiger partial charge in [0, 0.05) is 19.3 Å². The molecule has 136 valence electrons. The van der Waals surface area contributed by atoms with E-state index >= 15 is 0 Å². The van der Waals surface area contributed by atoms with Gasteiger partial charge in [0.15, 0.2) is 22.5 Å². The summed E-state index contributed by atoms with van der Waals surface area (Å²) in [5, 5.41) is 19.4. The Balaban J connectivity index is 1.45. The first-order valence-electron chi connectivity index (χ1n) is 8.73. The van der Waals surface area contributed by atoms with Gasteiger partial charge in [0.2, 0.25) is 0 Å². The number of fused-ring (bicyclic) bond motifs is 2. The van der Waals surface area contributed by atoms with E-state index in [1.807, 2.05) is 24.3 Å². The van der Waals surface area contributed by atoms with Gasteiger partial charge in [0.25, 0.3) is 0 Å². The molecule has 0 radical (unpaired) electrons. The Morgan fingerprint density at radius 1 is 1.11 bits per heavy atom. The molecule has 0 amide bonds. The molecule has 27 heavy (non-hydrogen) atoms. The van der Waals surface area contributed by atoms with E-state index < -0.39 is 6.10 Å². The highest BCUT2D eigenvalue weighted by Crippen LogP contribution is 2.30. The average molecular weight is 379 g/mol. The van der Waals surface area contributed by atoms with Crippen molar-refractivity contribution in [3.05, 3.63) is 48.2 Å².